The maximum absolute atomic E-state index is 12.5. The van der Waals surface area contributed by atoms with Gasteiger partial charge >= 0.3 is 6.61 Å². The second-order valence-corrected chi connectivity index (χ2v) is 5.74. The number of ether oxygens (including phenoxy) is 2. The highest BCUT2D eigenvalue weighted by atomic mass is 127. The van der Waals surface area contributed by atoms with Gasteiger partial charge in [-0.2, -0.15) is 8.78 Å². The highest BCUT2D eigenvalue weighted by Crippen LogP contribution is 2.21. The summed E-state index contributed by atoms with van der Waals surface area (Å²) in [7, 11) is 1.66. The molecule has 2 rings (SSSR count). The first kappa shape index (κ1) is 24.1. The molecule has 0 saturated carbocycles. The lowest BCUT2D eigenvalue weighted by Gasteiger charge is -2.14. The van der Waals surface area contributed by atoms with Crippen molar-refractivity contribution < 1.29 is 18.3 Å². The molecule has 0 aliphatic rings. The summed E-state index contributed by atoms with van der Waals surface area (Å²) in [4.78, 5) is 4.48. The Labute approximate surface area is 181 Å². The monoisotopic (exact) mass is 505 g/mol. The van der Waals surface area contributed by atoms with E-state index in [1.54, 1.807) is 25.3 Å². The number of nitrogens with zero attached hydrogens (tertiary/aromatic N) is 1. The van der Waals surface area contributed by atoms with Gasteiger partial charge in [0.1, 0.15) is 5.75 Å². The fourth-order valence-corrected chi connectivity index (χ4v) is 2.56. The summed E-state index contributed by atoms with van der Waals surface area (Å²) in [5.41, 5.74) is 2.79. The zero-order valence-electron chi connectivity index (χ0n) is 16.0. The largest absolute Gasteiger partial charge is 0.434 e. The van der Waals surface area contributed by atoms with E-state index in [1.165, 1.54) is 6.07 Å². The molecule has 0 radical (unpaired) electrons. The summed E-state index contributed by atoms with van der Waals surface area (Å²) in [6, 6.07) is 14.6. The van der Waals surface area contributed by atoms with Crippen molar-refractivity contribution in [2.75, 3.05) is 13.7 Å². The lowest BCUT2D eigenvalue weighted by molar-refractivity contribution is -0.0504. The molecule has 0 amide bonds. The summed E-state index contributed by atoms with van der Waals surface area (Å²) in [5.74, 6) is 0.731. The number of nitrogens with one attached hydrogen (secondary N) is 2. The number of alkyl halides is 2. The normalized spacial score (nSPS) is 11.1. The van der Waals surface area contributed by atoms with Crippen LogP contribution in [0.2, 0.25) is 0 Å². The third-order valence-corrected chi connectivity index (χ3v) is 3.80. The first-order valence-electron chi connectivity index (χ1n) is 8.74. The number of hydrogen-bond acceptors (Lipinski definition) is 3. The first-order valence-corrected chi connectivity index (χ1v) is 8.74. The van der Waals surface area contributed by atoms with Gasteiger partial charge < -0.3 is 20.1 Å². The molecule has 0 aliphatic carbocycles. The van der Waals surface area contributed by atoms with Gasteiger partial charge in [-0.1, -0.05) is 42.5 Å². The van der Waals surface area contributed by atoms with E-state index < -0.39 is 6.61 Å². The van der Waals surface area contributed by atoms with Crippen LogP contribution in [-0.4, -0.2) is 26.2 Å². The maximum atomic E-state index is 12.5. The number of halogens is 3. The lowest BCUT2D eigenvalue weighted by Crippen LogP contribution is -2.37. The van der Waals surface area contributed by atoms with Gasteiger partial charge in [-0.05, 0) is 24.1 Å². The topological polar surface area (TPSA) is 54.9 Å². The van der Waals surface area contributed by atoms with Crippen LogP contribution < -0.4 is 15.4 Å². The van der Waals surface area contributed by atoms with Crippen LogP contribution in [0, 0.1) is 0 Å². The lowest BCUT2D eigenvalue weighted by atomic mass is 10.1. The molecule has 0 unspecified atom stereocenters. The Kier molecular flexibility index (Phi) is 11.4. The second kappa shape index (κ2) is 13.3. The van der Waals surface area contributed by atoms with Crippen LogP contribution in [0.25, 0.3) is 0 Å². The van der Waals surface area contributed by atoms with Crippen molar-refractivity contribution in [3.05, 3.63) is 65.2 Å². The van der Waals surface area contributed by atoms with Gasteiger partial charge in [0, 0.05) is 25.8 Å². The number of methoxy groups -OCH3 is 1. The summed E-state index contributed by atoms with van der Waals surface area (Å²) in [6.07, 6.45) is 0. The van der Waals surface area contributed by atoms with Gasteiger partial charge in [0.2, 0.25) is 0 Å². The van der Waals surface area contributed by atoms with Crippen molar-refractivity contribution >= 4 is 29.9 Å². The van der Waals surface area contributed by atoms with Crippen molar-refractivity contribution in [3.63, 3.8) is 0 Å². The third-order valence-electron chi connectivity index (χ3n) is 3.80. The molecule has 0 aromatic heterocycles. The van der Waals surface area contributed by atoms with Gasteiger partial charge in [0.25, 0.3) is 0 Å². The molecule has 0 aliphatic heterocycles. The summed E-state index contributed by atoms with van der Waals surface area (Å²) < 4.78 is 34.8. The quantitative estimate of drug-likeness (QED) is 0.303. The van der Waals surface area contributed by atoms with Crippen LogP contribution in [0.5, 0.6) is 5.75 Å². The van der Waals surface area contributed by atoms with Crippen LogP contribution in [-0.2, 0) is 24.4 Å². The summed E-state index contributed by atoms with van der Waals surface area (Å²) in [6.45, 7) is 1.10. The van der Waals surface area contributed by atoms with Crippen molar-refractivity contribution in [1.29, 1.82) is 0 Å². The molecule has 0 heterocycles. The van der Waals surface area contributed by atoms with Crippen molar-refractivity contribution in [2.45, 2.75) is 33.2 Å². The Morgan fingerprint density at radius 2 is 1.64 bits per heavy atom. The van der Waals surface area contributed by atoms with Crippen molar-refractivity contribution in [3.8, 4) is 5.75 Å². The Balaban J connectivity index is 0.00000392. The van der Waals surface area contributed by atoms with E-state index in [0.29, 0.717) is 31.2 Å². The predicted molar refractivity (Wildman–Crippen MR) is 117 cm³/mol. The molecule has 0 fully saturated rings. The average molecular weight is 505 g/mol. The fourth-order valence-electron chi connectivity index (χ4n) is 2.56. The maximum Gasteiger partial charge on any atom is 0.387 e. The van der Waals surface area contributed by atoms with E-state index in [-0.39, 0.29) is 36.3 Å². The smallest absolute Gasteiger partial charge is 0.387 e. The number of benzene rings is 2. The highest BCUT2D eigenvalue weighted by Gasteiger charge is 2.09. The number of aliphatic imine (C=N–C) groups is 1. The molecule has 5 nitrogen and oxygen atoms in total. The van der Waals surface area contributed by atoms with Crippen LogP contribution >= 0.6 is 24.0 Å². The average Bonchev–Trinajstić information content (AvgIpc) is 2.66. The van der Waals surface area contributed by atoms with Gasteiger partial charge in [-0.15, -0.1) is 24.0 Å². The molecule has 28 heavy (non-hydrogen) atoms. The van der Waals surface area contributed by atoms with Gasteiger partial charge in [0.15, 0.2) is 5.96 Å². The third kappa shape index (κ3) is 7.97. The van der Waals surface area contributed by atoms with Gasteiger partial charge in [-0.3, -0.25) is 0 Å². The van der Waals surface area contributed by atoms with Crippen molar-refractivity contribution in [1.82, 2.24) is 10.6 Å². The molecule has 0 atom stereocenters. The van der Waals surface area contributed by atoms with Crippen LogP contribution in [0.1, 0.15) is 23.6 Å². The molecule has 0 spiro atoms. The number of guanidine groups is 1. The number of hydrogen-bond donors (Lipinski definition) is 2. The van der Waals surface area contributed by atoms with Crippen molar-refractivity contribution in [2.24, 2.45) is 4.99 Å². The Hall–Kier alpha value is -1.94. The summed E-state index contributed by atoms with van der Waals surface area (Å²) >= 11 is 0. The molecule has 2 N–H and O–H groups in total. The molecule has 8 heteroatoms. The van der Waals surface area contributed by atoms with Crippen LogP contribution in [0.4, 0.5) is 8.78 Å². The molecule has 2 aromatic carbocycles. The van der Waals surface area contributed by atoms with Gasteiger partial charge in [-0.25, -0.2) is 4.99 Å². The van der Waals surface area contributed by atoms with E-state index in [4.69, 9.17) is 4.74 Å². The van der Waals surface area contributed by atoms with Crippen LogP contribution in [0.3, 0.4) is 0 Å². The number of para-hydroxylation sites is 1. The first-order chi connectivity index (χ1) is 13.1. The zero-order valence-corrected chi connectivity index (χ0v) is 18.3. The number of rotatable bonds is 9. The fraction of sp³-hybridized carbons (Fsp3) is 0.350. The standard InChI is InChI=1S/C20H25F2N3O2.HI/c1-3-23-20(24-12-15-8-4-5-10-17(15)14-26-2)25-13-16-9-6-7-11-18(16)27-19(21)22;/h4-11,19H,3,12-14H2,1-2H3,(H2,23,24,25);1H. The SMILES string of the molecule is CCNC(=NCc1ccccc1OC(F)F)NCc1ccccc1COC.I. The predicted octanol–water partition coefficient (Wildman–Crippen LogP) is 4.31. The highest BCUT2D eigenvalue weighted by molar-refractivity contribution is 14.0. The van der Waals surface area contributed by atoms with E-state index in [0.717, 1.165) is 11.1 Å². The zero-order chi connectivity index (χ0) is 19.5. The van der Waals surface area contributed by atoms with E-state index in [1.807, 2.05) is 31.2 Å². The van der Waals surface area contributed by atoms with Gasteiger partial charge in [0.05, 0.1) is 13.2 Å². The summed E-state index contributed by atoms with van der Waals surface area (Å²) in [5, 5.41) is 6.41. The van der Waals surface area contributed by atoms with E-state index in [2.05, 4.69) is 20.4 Å². The minimum absolute atomic E-state index is 0. The second-order valence-electron chi connectivity index (χ2n) is 5.74. The van der Waals surface area contributed by atoms with Crippen LogP contribution in [0.15, 0.2) is 53.5 Å². The molecule has 154 valence electrons. The molecule has 0 saturated heterocycles. The Morgan fingerprint density at radius 3 is 2.29 bits per heavy atom. The molecular weight excluding hydrogens is 479 g/mol. The minimum atomic E-state index is -2.86. The molecule has 0 bridgehead atoms. The Morgan fingerprint density at radius 1 is 1.00 bits per heavy atom. The van der Waals surface area contributed by atoms with E-state index >= 15 is 0 Å². The molecular formula is C20H26F2IN3O2. The van der Waals surface area contributed by atoms with E-state index in [9.17, 15) is 8.78 Å². The molecule has 2 aromatic rings. The Bertz CT molecular complexity index is 745. The minimum Gasteiger partial charge on any atom is -0.434 e.